The van der Waals surface area contributed by atoms with Gasteiger partial charge < -0.3 is 36.5 Å². The number of phenols is 1. The molecule has 0 saturated carbocycles. The lowest BCUT2D eigenvalue weighted by Crippen LogP contribution is -3.00. The summed E-state index contributed by atoms with van der Waals surface area (Å²) in [6, 6.07) is 6.17. The number of hydrogen-bond donors (Lipinski definition) is 2. The average molecular weight is 418 g/mol. The van der Waals surface area contributed by atoms with Crippen LogP contribution in [0, 0.1) is 0 Å². The highest BCUT2D eigenvalue weighted by Crippen LogP contribution is 2.31. The minimum Gasteiger partial charge on any atom is -1.00 e. The summed E-state index contributed by atoms with van der Waals surface area (Å²) in [7, 11) is 3.73. The van der Waals surface area contributed by atoms with Crippen molar-refractivity contribution in [3.05, 3.63) is 40.1 Å². The topological polar surface area (TPSA) is 105 Å². The van der Waals surface area contributed by atoms with Gasteiger partial charge in [-0.05, 0) is 6.07 Å². The van der Waals surface area contributed by atoms with Crippen LogP contribution in [-0.2, 0) is 0 Å². The van der Waals surface area contributed by atoms with Crippen molar-refractivity contribution in [1.82, 2.24) is 0 Å². The van der Waals surface area contributed by atoms with Gasteiger partial charge in [0.05, 0.1) is 0 Å². The first-order valence-corrected chi connectivity index (χ1v) is 6.45. The van der Waals surface area contributed by atoms with Crippen LogP contribution in [0.4, 0.5) is 5.69 Å². The standard InChI is InChI=1S/C15H12N2O5.BrH.ClH/c1-17(2)7-3-4-9-11(5-7)22-14-12(16-9)8(15(20)21)6-10(18)13(14)19;;/h3-6,19H,1-2H3,(H,20,21);2*1H. The van der Waals surface area contributed by atoms with E-state index in [2.05, 4.69) is 4.98 Å². The molecule has 0 saturated heterocycles. The van der Waals surface area contributed by atoms with Crippen molar-refractivity contribution in [3.63, 3.8) is 0 Å². The first-order chi connectivity index (χ1) is 10.4. The van der Waals surface area contributed by atoms with Gasteiger partial charge in [0.15, 0.2) is 0 Å². The number of aromatic nitrogens is 1. The number of nitrogens with one attached hydrogen (secondary N) is 1. The number of benzene rings is 2. The second kappa shape index (κ2) is 7.06. The zero-order valence-corrected chi connectivity index (χ0v) is 15.1. The van der Waals surface area contributed by atoms with E-state index < -0.39 is 17.1 Å². The number of phenolic OH excluding ortho intramolecular Hbond substituents is 1. The second-order valence-electron chi connectivity index (χ2n) is 5.08. The van der Waals surface area contributed by atoms with Gasteiger partial charge in [-0.2, -0.15) is 4.98 Å². The summed E-state index contributed by atoms with van der Waals surface area (Å²) in [5.41, 5.74) is 0.829. The minimum atomic E-state index is -1.28. The van der Waals surface area contributed by atoms with Crippen molar-refractivity contribution in [2.24, 2.45) is 0 Å². The normalized spacial score (nSPS) is 10.1. The zero-order chi connectivity index (χ0) is 16.0. The fraction of sp³-hybridized carbons (Fsp3) is 0.133. The third-order valence-electron chi connectivity index (χ3n) is 3.40. The van der Waals surface area contributed by atoms with Crippen LogP contribution in [0.25, 0.3) is 22.6 Å². The van der Waals surface area contributed by atoms with Gasteiger partial charge in [0, 0.05) is 38.0 Å². The number of anilines is 1. The average Bonchev–Trinajstić information content (AvgIpc) is 2.48. The van der Waals surface area contributed by atoms with E-state index in [0.717, 1.165) is 11.8 Å². The molecule has 0 aromatic heterocycles. The van der Waals surface area contributed by atoms with E-state index in [0.29, 0.717) is 11.1 Å². The molecule has 3 rings (SSSR count). The second-order valence-corrected chi connectivity index (χ2v) is 5.08. The van der Waals surface area contributed by atoms with Crippen molar-refractivity contribution in [2.45, 2.75) is 0 Å². The highest BCUT2D eigenvalue weighted by atomic mass is 79.9. The van der Waals surface area contributed by atoms with Gasteiger partial charge in [0.25, 0.3) is 5.69 Å². The first-order valence-electron chi connectivity index (χ1n) is 6.45. The Labute approximate surface area is 153 Å². The van der Waals surface area contributed by atoms with E-state index in [1.54, 1.807) is 12.1 Å². The summed E-state index contributed by atoms with van der Waals surface area (Å²) in [6.45, 7) is 0. The number of carboxylic acids is 1. The largest absolute Gasteiger partial charge is 1.00 e. The summed E-state index contributed by atoms with van der Waals surface area (Å²) < 4.78 is 5.57. The summed E-state index contributed by atoms with van der Waals surface area (Å²) in [5, 5.41) is 19.1. The van der Waals surface area contributed by atoms with Crippen LogP contribution >= 0.6 is 12.4 Å². The number of halogens is 2. The maximum Gasteiger partial charge on any atom is 0.342 e. The van der Waals surface area contributed by atoms with E-state index in [1.807, 2.05) is 25.1 Å². The van der Waals surface area contributed by atoms with Crippen LogP contribution in [-0.4, -0.2) is 30.3 Å². The molecule has 0 atom stereocenters. The molecule has 1 heterocycles. The molecule has 9 heteroatoms. The Morgan fingerprint density at radius 3 is 2.50 bits per heavy atom. The number of aromatic amines is 1. The van der Waals surface area contributed by atoms with Crippen molar-refractivity contribution in [2.75, 3.05) is 19.0 Å². The van der Waals surface area contributed by atoms with Crippen molar-refractivity contribution in [3.8, 4) is 17.2 Å². The third kappa shape index (κ3) is 3.15. The summed E-state index contributed by atoms with van der Waals surface area (Å²) >= 11 is 0. The fourth-order valence-electron chi connectivity index (χ4n) is 2.24. The van der Waals surface area contributed by atoms with Crippen molar-refractivity contribution >= 4 is 35.2 Å². The molecule has 0 spiro atoms. The Hall–Kier alpha value is -2.32. The van der Waals surface area contributed by atoms with Gasteiger partial charge in [-0.3, -0.25) is 4.79 Å². The van der Waals surface area contributed by atoms with Gasteiger partial charge in [-0.1, -0.05) is 0 Å². The number of aromatic hydroxyl groups is 1. The van der Waals surface area contributed by atoms with Gasteiger partial charge in [-0.25, -0.2) is 4.79 Å². The number of fused-ring (bicyclic) bond motifs is 2. The van der Waals surface area contributed by atoms with Crippen LogP contribution in [0.1, 0.15) is 10.4 Å². The molecule has 0 radical (unpaired) electrons. The number of nitrogens with zero attached hydrogens (tertiary/aromatic N) is 1. The Bertz CT molecular complexity index is 941. The van der Waals surface area contributed by atoms with E-state index >= 15 is 0 Å². The van der Waals surface area contributed by atoms with E-state index in [1.165, 1.54) is 0 Å². The summed E-state index contributed by atoms with van der Waals surface area (Å²) in [6.07, 6.45) is 0. The Morgan fingerprint density at radius 2 is 1.92 bits per heavy atom. The minimum absolute atomic E-state index is 0. The van der Waals surface area contributed by atoms with Crippen LogP contribution in [0.3, 0.4) is 0 Å². The van der Waals surface area contributed by atoms with Crippen LogP contribution in [0.2, 0.25) is 0 Å². The van der Waals surface area contributed by atoms with Gasteiger partial charge in [0.2, 0.25) is 28.0 Å². The van der Waals surface area contributed by atoms with E-state index in [-0.39, 0.29) is 46.4 Å². The number of rotatable bonds is 2. The molecule has 1 aliphatic heterocycles. The molecule has 1 aliphatic carbocycles. The molecular formula is C15H14BrClN2O5. The molecule has 0 bridgehead atoms. The lowest BCUT2D eigenvalue weighted by Gasteiger charge is -2.12. The number of hydrogen-bond acceptors (Lipinski definition) is 5. The highest BCUT2D eigenvalue weighted by molar-refractivity contribution is 5.95. The number of carbonyl (C=O) groups is 1. The van der Waals surface area contributed by atoms with Gasteiger partial charge >= 0.3 is 5.97 Å². The van der Waals surface area contributed by atoms with E-state index in [9.17, 15) is 19.8 Å². The quantitative estimate of drug-likeness (QED) is 0.497. The number of H-pyrrole nitrogens is 1. The molecule has 0 amide bonds. The van der Waals surface area contributed by atoms with Crippen LogP contribution < -0.4 is 32.3 Å². The Balaban J connectivity index is 0.00000144. The maximum absolute atomic E-state index is 11.7. The molecule has 0 unspecified atom stereocenters. The highest BCUT2D eigenvalue weighted by Gasteiger charge is 2.29. The molecule has 1 aromatic carbocycles. The molecule has 0 fully saturated rings. The van der Waals surface area contributed by atoms with Crippen LogP contribution in [0.5, 0.6) is 5.75 Å². The predicted molar refractivity (Wildman–Crippen MR) is 85.9 cm³/mol. The molecule has 2 aliphatic rings. The molecule has 1 aromatic rings. The smallest absolute Gasteiger partial charge is 0.342 e. The van der Waals surface area contributed by atoms with Crippen molar-refractivity contribution in [1.29, 1.82) is 0 Å². The summed E-state index contributed by atoms with van der Waals surface area (Å²) in [4.78, 5) is 27.7. The molecular weight excluding hydrogens is 404 g/mol. The lowest BCUT2D eigenvalue weighted by molar-refractivity contribution is -0.334. The van der Waals surface area contributed by atoms with Crippen LogP contribution in [0.15, 0.2) is 33.5 Å². The third-order valence-corrected chi connectivity index (χ3v) is 3.40. The molecule has 7 nitrogen and oxygen atoms in total. The molecule has 3 N–H and O–H groups in total. The maximum atomic E-state index is 11.7. The monoisotopic (exact) mass is 416 g/mol. The van der Waals surface area contributed by atoms with Gasteiger partial charge in [-0.15, -0.1) is 12.4 Å². The lowest BCUT2D eigenvalue weighted by atomic mass is 10.1. The Kier molecular flexibility index (Phi) is 5.80. The van der Waals surface area contributed by atoms with Gasteiger partial charge in [0.1, 0.15) is 5.56 Å². The zero-order valence-electron chi connectivity index (χ0n) is 12.7. The summed E-state index contributed by atoms with van der Waals surface area (Å²) in [5.74, 6) is -2.07. The number of carboxylic acid groups (broad SMARTS) is 1. The molecule has 128 valence electrons. The first kappa shape index (κ1) is 19.7. The fourth-order valence-corrected chi connectivity index (χ4v) is 2.24. The predicted octanol–water partition coefficient (Wildman–Crippen LogP) is -1.39. The SMILES string of the molecule is CN(C)c1ccc2[nH+]c3c(C(=O)O)cc(=O)c(O)c-3oc2c1.Cl.[Br-]. The Morgan fingerprint density at radius 1 is 1.25 bits per heavy atom. The number of aromatic carboxylic acids is 1. The van der Waals surface area contributed by atoms with Crippen molar-refractivity contribution < 1.29 is 41.4 Å². The molecule has 24 heavy (non-hydrogen) atoms. The van der Waals surface area contributed by atoms with E-state index in [4.69, 9.17) is 4.42 Å².